The molecule has 0 amide bonds. The van der Waals surface area contributed by atoms with E-state index in [9.17, 15) is 8.42 Å². The summed E-state index contributed by atoms with van der Waals surface area (Å²) in [5.74, 6) is 0. The number of hydrogen-bond acceptors (Lipinski definition) is 3. The Bertz CT molecular complexity index is 945. The van der Waals surface area contributed by atoms with Gasteiger partial charge in [-0.15, -0.1) is 0 Å². The van der Waals surface area contributed by atoms with E-state index in [0.717, 1.165) is 16.5 Å². The zero-order valence-electron chi connectivity index (χ0n) is 12.4. The van der Waals surface area contributed by atoms with Crippen LogP contribution in [0.4, 0.5) is 5.69 Å². The lowest BCUT2D eigenvalue weighted by molar-refractivity contribution is 0.602. The van der Waals surface area contributed by atoms with E-state index in [1.54, 1.807) is 24.4 Å². The Labute approximate surface area is 129 Å². The van der Waals surface area contributed by atoms with Gasteiger partial charge in [0.05, 0.1) is 11.2 Å². The molecule has 0 saturated heterocycles. The third-order valence-corrected chi connectivity index (χ3v) is 4.92. The maximum Gasteiger partial charge on any atom is 0.264 e. The quantitative estimate of drug-likeness (QED) is 0.803. The number of anilines is 1. The van der Waals surface area contributed by atoms with Gasteiger partial charge in [0, 0.05) is 11.6 Å². The molecule has 0 fully saturated rings. The van der Waals surface area contributed by atoms with Gasteiger partial charge >= 0.3 is 0 Å². The summed E-state index contributed by atoms with van der Waals surface area (Å²) in [5, 5.41) is 0.798. The molecule has 1 heterocycles. The summed E-state index contributed by atoms with van der Waals surface area (Å²) >= 11 is 0. The summed E-state index contributed by atoms with van der Waals surface area (Å²) in [6.07, 6.45) is 1.60. The van der Waals surface area contributed by atoms with Gasteiger partial charge in [-0.25, -0.2) is 8.42 Å². The van der Waals surface area contributed by atoms with Gasteiger partial charge in [-0.05, 0) is 43.2 Å². The average molecular weight is 312 g/mol. The van der Waals surface area contributed by atoms with Crippen LogP contribution < -0.4 is 4.72 Å². The molecule has 3 rings (SSSR count). The van der Waals surface area contributed by atoms with Crippen molar-refractivity contribution in [3.8, 4) is 0 Å². The van der Waals surface area contributed by atoms with Gasteiger partial charge in [-0.1, -0.05) is 30.3 Å². The molecule has 22 heavy (non-hydrogen) atoms. The first-order valence-electron chi connectivity index (χ1n) is 6.91. The van der Waals surface area contributed by atoms with E-state index in [1.807, 2.05) is 44.2 Å². The molecule has 0 saturated carbocycles. The van der Waals surface area contributed by atoms with Gasteiger partial charge in [0.15, 0.2) is 0 Å². The standard InChI is InChI=1S/C17H16N2O2S/c1-12-8-9-13(2)15(11-12)19-22(20,21)16-7-3-5-14-6-4-10-18-17(14)16/h3-11,19H,1-2H3. The zero-order chi connectivity index (χ0) is 15.7. The molecule has 112 valence electrons. The van der Waals surface area contributed by atoms with Crippen LogP contribution in [-0.2, 0) is 10.0 Å². The maximum atomic E-state index is 12.7. The van der Waals surface area contributed by atoms with E-state index in [0.29, 0.717) is 11.2 Å². The summed E-state index contributed by atoms with van der Waals surface area (Å²) in [5.41, 5.74) is 2.94. The predicted molar refractivity (Wildman–Crippen MR) is 88.5 cm³/mol. The number of benzene rings is 2. The highest BCUT2D eigenvalue weighted by molar-refractivity contribution is 7.93. The molecule has 0 atom stereocenters. The largest absolute Gasteiger partial charge is 0.279 e. The molecule has 0 spiro atoms. The van der Waals surface area contributed by atoms with Gasteiger partial charge in [0.1, 0.15) is 4.90 Å². The molecule has 0 aliphatic rings. The smallest absolute Gasteiger partial charge is 0.264 e. The van der Waals surface area contributed by atoms with E-state index < -0.39 is 10.0 Å². The number of aryl methyl sites for hydroxylation is 2. The van der Waals surface area contributed by atoms with Crippen molar-refractivity contribution in [1.29, 1.82) is 0 Å². The van der Waals surface area contributed by atoms with Crippen LogP contribution >= 0.6 is 0 Å². The van der Waals surface area contributed by atoms with Crippen LogP contribution in [-0.4, -0.2) is 13.4 Å². The van der Waals surface area contributed by atoms with Crippen LogP contribution in [0.2, 0.25) is 0 Å². The number of pyridine rings is 1. The molecule has 0 aliphatic heterocycles. The van der Waals surface area contributed by atoms with Crippen LogP contribution in [0.25, 0.3) is 10.9 Å². The predicted octanol–water partition coefficient (Wildman–Crippen LogP) is 3.65. The minimum absolute atomic E-state index is 0.187. The van der Waals surface area contributed by atoms with Gasteiger partial charge < -0.3 is 0 Å². The van der Waals surface area contributed by atoms with E-state index in [2.05, 4.69) is 9.71 Å². The zero-order valence-corrected chi connectivity index (χ0v) is 13.2. The maximum absolute atomic E-state index is 12.7. The molecule has 4 nitrogen and oxygen atoms in total. The average Bonchev–Trinajstić information content (AvgIpc) is 2.50. The Morgan fingerprint density at radius 1 is 1.00 bits per heavy atom. The first-order valence-corrected chi connectivity index (χ1v) is 8.39. The lowest BCUT2D eigenvalue weighted by atomic mass is 10.1. The summed E-state index contributed by atoms with van der Waals surface area (Å²) in [6.45, 7) is 3.80. The van der Waals surface area contributed by atoms with Gasteiger partial charge in [0.2, 0.25) is 0 Å². The SMILES string of the molecule is Cc1ccc(C)c(NS(=O)(=O)c2cccc3cccnc23)c1. The van der Waals surface area contributed by atoms with Crippen LogP contribution in [0.1, 0.15) is 11.1 Å². The minimum Gasteiger partial charge on any atom is -0.279 e. The molecule has 1 aromatic heterocycles. The van der Waals surface area contributed by atoms with Crippen molar-refractivity contribution in [3.05, 3.63) is 65.9 Å². The second-order valence-electron chi connectivity index (χ2n) is 5.26. The Kier molecular flexibility index (Phi) is 3.58. The normalized spacial score (nSPS) is 11.5. The van der Waals surface area contributed by atoms with E-state index in [-0.39, 0.29) is 4.90 Å². The Morgan fingerprint density at radius 2 is 1.77 bits per heavy atom. The second-order valence-corrected chi connectivity index (χ2v) is 6.91. The van der Waals surface area contributed by atoms with Crippen LogP contribution in [0, 0.1) is 13.8 Å². The lowest BCUT2D eigenvalue weighted by Crippen LogP contribution is -2.14. The summed E-state index contributed by atoms with van der Waals surface area (Å²) in [6, 6.07) is 14.5. The summed E-state index contributed by atoms with van der Waals surface area (Å²) in [7, 11) is -3.69. The second kappa shape index (κ2) is 5.42. The summed E-state index contributed by atoms with van der Waals surface area (Å²) in [4.78, 5) is 4.40. The first kappa shape index (κ1) is 14.5. The molecule has 2 aromatic carbocycles. The van der Waals surface area contributed by atoms with Crippen LogP contribution in [0.5, 0.6) is 0 Å². The highest BCUT2D eigenvalue weighted by Crippen LogP contribution is 2.25. The highest BCUT2D eigenvalue weighted by atomic mass is 32.2. The molecule has 5 heteroatoms. The Hall–Kier alpha value is -2.40. The van der Waals surface area contributed by atoms with Crippen molar-refractivity contribution in [2.45, 2.75) is 18.7 Å². The fraction of sp³-hybridized carbons (Fsp3) is 0.118. The number of para-hydroxylation sites is 1. The number of rotatable bonds is 3. The van der Waals surface area contributed by atoms with E-state index >= 15 is 0 Å². The van der Waals surface area contributed by atoms with Gasteiger partial charge in [-0.3, -0.25) is 9.71 Å². The molecule has 0 unspecified atom stereocenters. The number of sulfonamides is 1. The van der Waals surface area contributed by atoms with Crippen LogP contribution in [0.15, 0.2) is 59.6 Å². The van der Waals surface area contributed by atoms with E-state index in [4.69, 9.17) is 0 Å². The van der Waals surface area contributed by atoms with Crippen LogP contribution in [0.3, 0.4) is 0 Å². The molecular weight excluding hydrogens is 296 g/mol. The Balaban J connectivity index is 2.11. The number of fused-ring (bicyclic) bond motifs is 1. The third kappa shape index (κ3) is 2.67. The number of nitrogens with zero attached hydrogens (tertiary/aromatic N) is 1. The minimum atomic E-state index is -3.69. The molecular formula is C17H16N2O2S. The fourth-order valence-electron chi connectivity index (χ4n) is 2.34. The molecule has 0 radical (unpaired) electrons. The highest BCUT2D eigenvalue weighted by Gasteiger charge is 2.19. The van der Waals surface area contributed by atoms with E-state index in [1.165, 1.54) is 0 Å². The number of nitrogens with one attached hydrogen (secondary N) is 1. The molecule has 3 aromatic rings. The molecule has 1 N–H and O–H groups in total. The van der Waals surface area contributed by atoms with Crippen molar-refractivity contribution in [2.75, 3.05) is 4.72 Å². The monoisotopic (exact) mass is 312 g/mol. The van der Waals surface area contributed by atoms with Crippen molar-refractivity contribution in [3.63, 3.8) is 0 Å². The Morgan fingerprint density at radius 3 is 2.59 bits per heavy atom. The van der Waals surface area contributed by atoms with Crippen molar-refractivity contribution < 1.29 is 8.42 Å². The number of hydrogen-bond donors (Lipinski definition) is 1. The van der Waals surface area contributed by atoms with Crippen molar-refractivity contribution >= 4 is 26.6 Å². The summed E-state index contributed by atoms with van der Waals surface area (Å²) < 4.78 is 28.1. The third-order valence-electron chi connectivity index (χ3n) is 3.52. The molecule has 0 bridgehead atoms. The van der Waals surface area contributed by atoms with Crippen molar-refractivity contribution in [2.24, 2.45) is 0 Å². The first-order chi connectivity index (χ1) is 10.5. The van der Waals surface area contributed by atoms with Gasteiger partial charge in [0.25, 0.3) is 10.0 Å². The topological polar surface area (TPSA) is 59.1 Å². The molecule has 0 aliphatic carbocycles. The van der Waals surface area contributed by atoms with Crippen molar-refractivity contribution in [1.82, 2.24) is 4.98 Å². The lowest BCUT2D eigenvalue weighted by Gasteiger charge is -2.12. The number of aromatic nitrogens is 1. The van der Waals surface area contributed by atoms with Gasteiger partial charge in [-0.2, -0.15) is 0 Å². The fourth-order valence-corrected chi connectivity index (χ4v) is 3.64.